The van der Waals surface area contributed by atoms with Gasteiger partial charge < -0.3 is 15.6 Å². The van der Waals surface area contributed by atoms with Crippen molar-refractivity contribution >= 4 is 41.6 Å². The lowest BCUT2D eigenvalue weighted by Gasteiger charge is -2.36. The monoisotopic (exact) mass is 384 g/mol. The summed E-state index contributed by atoms with van der Waals surface area (Å²) >= 11 is 0. The number of nitrogens with zero attached hydrogens (tertiary/aromatic N) is 2. The highest BCUT2D eigenvalue weighted by Gasteiger charge is 2.33. The smallest absolute Gasteiger partial charge is 0.239 e. The van der Waals surface area contributed by atoms with Crippen LogP contribution in [0.25, 0.3) is 10.9 Å². The Hall–Kier alpha value is -1.27. The highest BCUT2D eigenvalue weighted by atomic mass is 35.5. The van der Waals surface area contributed by atoms with Gasteiger partial charge in [0.2, 0.25) is 5.91 Å². The fourth-order valence-corrected chi connectivity index (χ4v) is 3.61. The van der Waals surface area contributed by atoms with Gasteiger partial charge in [-0.25, -0.2) is 0 Å². The van der Waals surface area contributed by atoms with E-state index in [4.69, 9.17) is 5.73 Å². The van der Waals surface area contributed by atoms with Crippen molar-refractivity contribution in [1.29, 1.82) is 0 Å². The van der Waals surface area contributed by atoms with Crippen molar-refractivity contribution < 1.29 is 4.79 Å². The van der Waals surface area contributed by atoms with Crippen LogP contribution in [0, 0.1) is 0 Å². The zero-order valence-electron chi connectivity index (χ0n) is 14.2. The van der Waals surface area contributed by atoms with E-state index >= 15 is 0 Å². The van der Waals surface area contributed by atoms with Gasteiger partial charge in [-0.1, -0.05) is 18.2 Å². The van der Waals surface area contributed by atoms with Gasteiger partial charge in [-0.3, -0.25) is 9.69 Å². The van der Waals surface area contributed by atoms with Crippen LogP contribution in [0.15, 0.2) is 30.5 Å². The Morgan fingerprint density at radius 2 is 1.84 bits per heavy atom. The molecule has 0 spiro atoms. The molecule has 3 N–H and O–H groups in total. The van der Waals surface area contributed by atoms with Crippen LogP contribution in [0.3, 0.4) is 0 Å². The Kier molecular flexibility index (Phi) is 6.74. The summed E-state index contributed by atoms with van der Waals surface area (Å²) in [6, 6.07) is 8.47. The number of carbonyl (C=O) groups excluding carboxylic acids is 1. The highest BCUT2D eigenvalue weighted by molar-refractivity contribution is 5.86. The van der Waals surface area contributed by atoms with Gasteiger partial charge in [-0.15, -0.1) is 24.8 Å². The number of benzene rings is 1. The van der Waals surface area contributed by atoms with Crippen molar-refractivity contribution in [3.8, 4) is 0 Å². The molecule has 25 heavy (non-hydrogen) atoms. The minimum atomic E-state index is -0.457. The van der Waals surface area contributed by atoms with Gasteiger partial charge in [0, 0.05) is 49.3 Å². The lowest BCUT2D eigenvalue weighted by atomic mass is 10.0. The Morgan fingerprint density at radius 3 is 2.52 bits per heavy atom. The number of H-pyrrole nitrogens is 1. The molecule has 0 bridgehead atoms. The van der Waals surface area contributed by atoms with Gasteiger partial charge >= 0.3 is 0 Å². The highest BCUT2D eigenvalue weighted by Crippen LogP contribution is 2.27. The number of aromatic amines is 1. The number of para-hydroxylation sites is 1. The predicted molar refractivity (Wildman–Crippen MR) is 106 cm³/mol. The van der Waals surface area contributed by atoms with Gasteiger partial charge in [0.15, 0.2) is 0 Å². The van der Waals surface area contributed by atoms with Crippen LogP contribution in [0.1, 0.15) is 18.4 Å². The molecule has 0 radical (unpaired) electrons. The maximum atomic E-state index is 12.6. The molecule has 4 rings (SSSR count). The first-order valence-electron chi connectivity index (χ1n) is 8.56. The number of aromatic nitrogens is 1. The topological polar surface area (TPSA) is 65.4 Å². The third kappa shape index (κ3) is 4.29. The molecular weight excluding hydrogens is 359 g/mol. The Bertz CT molecular complexity index is 708. The van der Waals surface area contributed by atoms with Crippen molar-refractivity contribution in [1.82, 2.24) is 14.8 Å². The molecule has 5 nitrogen and oxygen atoms in total. The molecule has 1 aromatic heterocycles. The summed E-state index contributed by atoms with van der Waals surface area (Å²) < 4.78 is 0. The number of amides is 1. The average Bonchev–Trinajstić information content (AvgIpc) is 3.37. The van der Waals surface area contributed by atoms with Crippen LogP contribution in [0.5, 0.6) is 0 Å². The van der Waals surface area contributed by atoms with Gasteiger partial charge in [0.05, 0.1) is 6.04 Å². The van der Waals surface area contributed by atoms with E-state index in [0.717, 1.165) is 48.7 Å². The third-order valence-corrected chi connectivity index (χ3v) is 5.12. The van der Waals surface area contributed by atoms with Crippen molar-refractivity contribution in [2.24, 2.45) is 5.73 Å². The van der Waals surface area contributed by atoms with Crippen LogP contribution in [-0.4, -0.2) is 59.0 Å². The van der Waals surface area contributed by atoms with E-state index in [1.807, 2.05) is 29.3 Å². The van der Waals surface area contributed by atoms with Crippen molar-refractivity contribution in [3.63, 3.8) is 0 Å². The molecule has 1 aliphatic heterocycles. The molecule has 2 aliphatic rings. The maximum absolute atomic E-state index is 12.6. The summed E-state index contributed by atoms with van der Waals surface area (Å²) in [7, 11) is 0. The van der Waals surface area contributed by atoms with E-state index in [1.165, 1.54) is 12.8 Å². The number of hydrogen-bond donors (Lipinski definition) is 2. The largest absolute Gasteiger partial charge is 0.361 e. The summed E-state index contributed by atoms with van der Waals surface area (Å²) in [5.74, 6) is 0.0886. The molecule has 7 heteroatoms. The van der Waals surface area contributed by atoms with Gasteiger partial charge in [-0.2, -0.15) is 0 Å². The lowest BCUT2D eigenvalue weighted by molar-refractivity contribution is -0.134. The summed E-state index contributed by atoms with van der Waals surface area (Å²) in [6.07, 6.45) is 5.22. The number of nitrogens with one attached hydrogen (secondary N) is 1. The Labute approximate surface area is 160 Å². The molecule has 2 heterocycles. The normalized spacial score (nSPS) is 19.2. The molecule has 0 unspecified atom stereocenters. The molecular formula is C18H26Cl2N4O. The lowest BCUT2D eigenvalue weighted by Crippen LogP contribution is -2.54. The van der Waals surface area contributed by atoms with Gasteiger partial charge in [0.25, 0.3) is 0 Å². The van der Waals surface area contributed by atoms with Crippen molar-refractivity contribution in [3.05, 3.63) is 36.0 Å². The van der Waals surface area contributed by atoms with Crippen LogP contribution < -0.4 is 5.73 Å². The fourth-order valence-electron chi connectivity index (χ4n) is 3.61. The Balaban J connectivity index is 0.00000113. The predicted octanol–water partition coefficient (Wildman–Crippen LogP) is 2.19. The number of carbonyl (C=O) groups is 1. The van der Waals surface area contributed by atoms with E-state index in [0.29, 0.717) is 6.42 Å². The summed E-state index contributed by atoms with van der Waals surface area (Å²) in [4.78, 5) is 20.3. The first-order chi connectivity index (χ1) is 11.2. The second-order valence-electron chi connectivity index (χ2n) is 6.76. The van der Waals surface area contributed by atoms with Crippen LogP contribution >= 0.6 is 24.8 Å². The standard InChI is InChI=1S/C18H24N4O.2ClH/c19-16(11-13-12-20-17-4-2-1-3-15(13)17)18(23)22-9-7-21(8-10-22)14-5-6-14;;/h1-4,12,14,16,20H,5-11,19H2;2*1H/t16-;;/m0../s1. The second kappa shape index (κ2) is 8.41. The number of fused-ring (bicyclic) bond motifs is 1. The van der Waals surface area contributed by atoms with Crippen LogP contribution in [0.4, 0.5) is 0 Å². The fraction of sp³-hybridized carbons (Fsp3) is 0.500. The third-order valence-electron chi connectivity index (χ3n) is 5.12. The van der Waals surface area contributed by atoms with E-state index in [9.17, 15) is 4.79 Å². The molecule has 138 valence electrons. The molecule has 2 aromatic rings. The number of piperazine rings is 1. The van der Waals surface area contributed by atoms with E-state index in [1.54, 1.807) is 0 Å². The molecule has 1 saturated carbocycles. The molecule has 2 fully saturated rings. The number of hydrogen-bond acceptors (Lipinski definition) is 3. The second-order valence-corrected chi connectivity index (χ2v) is 6.76. The molecule has 1 aromatic carbocycles. The van der Waals surface area contributed by atoms with Crippen LogP contribution in [0.2, 0.25) is 0 Å². The number of halogens is 2. The summed E-state index contributed by atoms with van der Waals surface area (Å²) in [5, 5.41) is 1.16. The first-order valence-corrected chi connectivity index (χ1v) is 8.56. The summed E-state index contributed by atoms with van der Waals surface area (Å²) in [5.41, 5.74) is 8.44. The van der Waals surface area contributed by atoms with Crippen LogP contribution in [-0.2, 0) is 11.2 Å². The van der Waals surface area contributed by atoms with Crippen molar-refractivity contribution in [2.45, 2.75) is 31.3 Å². The SMILES string of the molecule is Cl.Cl.N[C@@H](Cc1c[nH]c2ccccc12)C(=O)N1CCN(C2CC2)CC1. The average molecular weight is 385 g/mol. The van der Waals surface area contributed by atoms with E-state index in [-0.39, 0.29) is 30.7 Å². The zero-order chi connectivity index (χ0) is 15.8. The minimum absolute atomic E-state index is 0. The molecule has 1 saturated heterocycles. The van der Waals surface area contributed by atoms with Crippen molar-refractivity contribution in [2.75, 3.05) is 26.2 Å². The van der Waals surface area contributed by atoms with E-state index in [2.05, 4.69) is 16.0 Å². The summed E-state index contributed by atoms with van der Waals surface area (Å²) in [6.45, 7) is 3.63. The van der Waals surface area contributed by atoms with Gasteiger partial charge in [0.1, 0.15) is 0 Å². The first kappa shape index (κ1) is 20.0. The van der Waals surface area contributed by atoms with E-state index < -0.39 is 6.04 Å². The Morgan fingerprint density at radius 1 is 1.16 bits per heavy atom. The maximum Gasteiger partial charge on any atom is 0.239 e. The minimum Gasteiger partial charge on any atom is -0.361 e. The van der Waals surface area contributed by atoms with Gasteiger partial charge in [-0.05, 0) is 30.9 Å². The zero-order valence-corrected chi connectivity index (χ0v) is 15.8. The molecule has 1 aliphatic carbocycles. The molecule has 1 atom stereocenters. The number of rotatable bonds is 4. The number of nitrogens with two attached hydrogens (primary N) is 1. The quantitative estimate of drug-likeness (QED) is 0.848. The molecule has 1 amide bonds.